The lowest BCUT2D eigenvalue weighted by atomic mass is 9.75. The summed E-state index contributed by atoms with van der Waals surface area (Å²) in [6.45, 7) is 14.6. The molecule has 1 saturated heterocycles. The molecule has 0 aromatic carbocycles. The summed E-state index contributed by atoms with van der Waals surface area (Å²) in [5.41, 5.74) is 6.19. The lowest BCUT2D eigenvalue weighted by Crippen LogP contribution is -2.36. The molecule has 0 saturated carbocycles. The third-order valence-electron chi connectivity index (χ3n) is 6.32. The van der Waals surface area contributed by atoms with Gasteiger partial charge >= 0.3 is 0 Å². The van der Waals surface area contributed by atoms with Gasteiger partial charge in [0.05, 0.1) is 23.7 Å². The summed E-state index contributed by atoms with van der Waals surface area (Å²) >= 11 is 1.68. The number of carbonyl (C=O) groups excluding carboxylic acids is 1. The van der Waals surface area contributed by atoms with Crippen molar-refractivity contribution in [2.24, 2.45) is 5.41 Å². The van der Waals surface area contributed by atoms with Crippen molar-refractivity contribution in [3.8, 4) is 11.5 Å². The lowest BCUT2D eigenvalue weighted by molar-refractivity contribution is 0.0917. The predicted octanol–water partition coefficient (Wildman–Crippen LogP) is 5.14. The number of ether oxygens (including phenoxy) is 1. The number of anilines is 1. The van der Waals surface area contributed by atoms with Gasteiger partial charge in [-0.15, -0.1) is 16.9 Å². The Hall–Kier alpha value is -1.09. The minimum atomic E-state index is -1.53. The van der Waals surface area contributed by atoms with Crippen molar-refractivity contribution in [3.05, 3.63) is 16.0 Å². The normalized spacial score (nSPS) is 19.4. The fourth-order valence-corrected chi connectivity index (χ4v) is 7.92. The third-order valence-corrected chi connectivity index (χ3v) is 12.4. The van der Waals surface area contributed by atoms with Crippen LogP contribution in [0.25, 0.3) is 0 Å². The van der Waals surface area contributed by atoms with Gasteiger partial charge < -0.3 is 9.64 Å². The maximum Gasteiger partial charge on any atom is 0.173 e. The molecular weight excluding hydrogens is 370 g/mol. The Kier molecular flexibility index (Phi) is 6.20. The van der Waals surface area contributed by atoms with Crippen molar-refractivity contribution >= 4 is 30.2 Å². The minimum absolute atomic E-state index is 0.0264. The Morgan fingerprint density at radius 3 is 2.33 bits per heavy atom. The van der Waals surface area contributed by atoms with Crippen LogP contribution in [0.1, 0.15) is 61.8 Å². The molecule has 2 aliphatic rings. The highest BCUT2D eigenvalue weighted by Gasteiger charge is 2.36. The van der Waals surface area contributed by atoms with Gasteiger partial charge in [-0.2, -0.15) is 0 Å². The van der Waals surface area contributed by atoms with Gasteiger partial charge in [0.25, 0.3) is 0 Å². The molecule has 1 aromatic heterocycles. The van der Waals surface area contributed by atoms with E-state index < -0.39 is 8.07 Å². The molecule has 0 amide bonds. The molecule has 0 atom stereocenters. The number of thiophene rings is 1. The average Bonchev–Trinajstić information content (AvgIpc) is 3.02. The summed E-state index contributed by atoms with van der Waals surface area (Å²) in [6, 6.07) is 3.61. The van der Waals surface area contributed by atoms with E-state index in [-0.39, 0.29) is 5.41 Å². The Labute approximate surface area is 169 Å². The van der Waals surface area contributed by atoms with Crippen LogP contribution >= 0.6 is 11.3 Å². The van der Waals surface area contributed by atoms with E-state index in [2.05, 4.69) is 51.0 Å². The zero-order chi connectivity index (χ0) is 19.7. The molecule has 148 valence electrons. The molecule has 1 fully saturated rings. The van der Waals surface area contributed by atoms with Crippen LogP contribution < -0.4 is 4.90 Å². The molecule has 2 heterocycles. The van der Waals surface area contributed by atoms with Gasteiger partial charge in [-0.05, 0) is 35.5 Å². The minimum Gasteiger partial charge on any atom is -0.378 e. The molecule has 5 heteroatoms. The van der Waals surface area contributed by atoms with Gasteiger partial charge in [0.1, 0.15) is 13.1 Å². The fraction of sp³-hybridized carbons (Fsp3) is 0.682. The number of fused-ring (bicyclic) bond motifs is 1. The van der Waals surface area contributed by atoms with Crippen molar-refractivity contribution in [1.29, 1.82) is 0 Å². The predicted molar refractivity (Wildman–Crippen MR) is 118 cm³/mol. The Balaban J connectivity index is 2.11. The topological polar surface area (TPSA) is 29.5 Å². The Morgan fingerprint density at radius 2 is 1.74 bits per heavy atom. The van der Waals surface area contributed by atoms with Crippen LogP contribution in [0.4, 0.5) is 5.00 Å². The van der Waals surface area contributed by atoms with Gasteiger partial charge in [-0.25, -0.2) is 0 Å². The molecule has 3 nitrogen and oxygen atoms in total. The van der Waals surface area contributed by atoms with Crippen molar-refractivity contribution in [3.63, 3.8) is 0 Å². The molecular formula is C22H33NO2SSi. The van der Waals surface area contributed by atoms with Gasteiger partial charge in [0.2, 0.25) is 0 Å². The molecule has 1 aliphatic heterocycles. The van der Waals surface area contributed by atoms with E-state index in [0.29, 0.717) is 12.2 Å². The first-order chi connectivity index (χ1) is 12.8. The number of nitrogens with zero attached hydrogens (tertiary/aromatic N) is 1. The zero-order valence-corrected chi connectivity index (χ0v) is 19.4. The zero-order valence-electron chi connectivity index (χ0n) is 17.5. The van der Waals surface area contributed by atoms with E-state index in [1.807, 2.05) is 0 Å². The van der Waals surface area contributed by atoms with Crippen molar-refractivity contribution in [1.82, 2.24) is 0 Å². The van der Waals surface area contributed by atoms with E-state index in [1.54, 1.807) is 11.3 Å². The molecule has 27 heavy (non-hydrogen) atoms. The SMILES string of the molecule is CC[Si](C#Cc1c(N2CCOCC2)sc2c1CC(C)(C)CC2=O)(CC)CC. The first-order valence-corrected chi connectivity index (χ1v) is 13.8. The van der Waals surface area contributed by atoms with Crippen LogP contribution in [-0.4, -0.2) is 40.2 Å². The molecule has 0 bridgehead atoms. The van der Waals surface area contributed by atoms with Crippen LogP contribution in [0.2, 0.25) is 18.1 Å². The number of hydrogen-bond acceptors (Lipinski definition) is 4. The van der Waals surface area contributed by atoms with Crippen LogP contribution in [0.3, 0.4) is 0 Å². The first kappa shape index (κ1) is 20.6. The fourth-order valence-electron chi connectivity index (χ4n) is 4.23. The lowest BCUT2D eigenvalue weighted by Gasteiger charge is -2.29. The summed E-state index contributed by atoms with van der Waals surface area (Å²) in [5, 5.41) is 1.22. The van der Waals surface area contributed by atoms with Gasteiger partial charge in [0.15, 0.2) is 5.78 Å². The number of Topliss-reactive ketones (excluding diaryl/α,β-unsaturated/α-hetero) is 1. The van der Waals surface area contributed by atoms with Gasteiger partial charge in [-0.1, -0.05) is 40.5 Å². The quantitative estimate of drug-likeness (QED) is 0.515. The van der Waals surface area contributed by atoms with Crippen molar-refractivity contribution < 1.29 is 9.53 Å². The third kappa shape index (κ3) is 4.18. The van der Waals surface area contributed by atoms with Crippen LogP contribution in [-0.2, 0) is 11.2 Å². The monoisotopic (exact) mass is 403 g/mol. The number of rotatable bonds is 4. The highest BCUT2D eigenvalue weighted by atomic mass is 32.1. The molecule has 1 aliphatic carbocycles. The smallest absolute Gasteiger partial charge is 0.173 e. The van der Waals surface area contributed by atoms with Crippen LogP contribution in [0.5, 0.6) is 0 Å². The molecule has 3 rings (SSSR count). The maximum absolute atomic E-state index is 12.8. The summed E-state index contributed by atoms with van der Waals surface area (Å²) in [7, 11) is -1.53. The molecule has 0 spiro atoms. The largest absolute Gasteiger partial charge is 0.378 e. The standard InChI is InChI=1S/C22H33NO2SSi/c1-6-27(7-2,8-3)14-9-17-18-15-22(4,5)16-19(24)20(18)26-21(17)23-10-12-25-13-11-23/h6-8,10-13,15-16H2,1-5H3. The Bertz CT molecular complexity index is 753. The average molecular weight is 404 g/mol. The number of morpholine rings is 1. The van der Waals surface area contributed by atoms with Gasteiger partial charge in [-0.3, -0.25) is 4.79 Å². The first-order valence-electron chi connectivity index (χ1n) is 10.4. The highest BCUT2D eigenvalue weighted by molar-refractivity contribution is 7.18. The van der Waals surface area contributed by atoms with E-state index in [1.165, 1.54) is 28.7 Å². The second-order valence-electron chi connectivity index (χ2n) is 8.72. The summed E-state index contributed by atoms with van der Waals surface area (Å²) in [5.74, 6) is 3.96. The molecule has 0 radical (unpaired) electrons. The molecule has 0 N–H and O–H groups in total. The molecule has 1 aromatic rings. The van der Waals surface area contributed by atoms with Crippen LogP contribution in [0, 0.1) is 16.9 Å². The van der Waals surface area contributed by atoms with Crippen LogP contribution in [0.15, 0.2) is 0 Å². The Morgan fingerprint density at radius 1 is 1.11 bits per heavy atom. The van der Waals surface area contributed by atoms with E-state index >= 15 is 0 Å². The van der Waals surface area contributed by atoms with E-state index in [4.69, 9.17) is 4.74 Å². The summed E-state index contributed by atoms with van der Waals surface area (Å²) in [4.78, 5) is 16.2. The number of hydrogen-bond donors (Lipinski definition) is 0. The second kappa shape index (κ2) is 8.11. The van der Waals surface area contributed by atoms with E-state index in [9.17, 15) is 4.79 Å². The van der Waals surface area contributed by atoms with Crippen molar-refractivity contribution in [2.45, 2.75) is 65.6 Å². The van der Waals surface area contributed by atoms with Crippen molar-refractivity contribution in [2.75, 3.05) is 31.2 Å². The number of ketones is 1. The maximum atomic E-state index is 12.8. The number of carbonyl (C=O) groups is 1. The summed E-state index contributed by atoms with van der Waals surface area (Å²) in [6.07, 6.45) is 1.60. The molecule has 0 unspecified atom stereocenters. The second-order valence-corrected chi connectivity index (χ2v) is 14.7. The van der Waals surface area contributed by atoms with Gasteiger partial charge in [0, 0.05) is 19.5 Å². The summed E-state index contributed by atoms with van der Waals surface area (Å²) < 4.78 is 5.55. The van der Waals surface area contributed by atoms with E-state index in [0.717, 1.165) is 43.2 Å². The highest BCUT2D eigenvalue weighted by Crippen LogP contribution is 2.45.